The normalized spacial score (nSPS) is 22.8. The van der Waals surface area contributed by atoms with E-state index in [1.54, 1.807) is 13.2 Å². The van der Waals surface area contributed by atoms with Crippen molar-refractivity contribution in [3.05, 3.63) is 59.7 Å². The highest BCUT2D eigenvalue weighted by Crippen LogP contribution is 2.34. The van der Waals surface area contributed by atoms with E-state index in [1.807, 2.05) is 24.3 Å². The molecular weight excluding hydrogens is 412 g/mol. The number of carbonyl (C=O) groups excluding carboxylic acids is 1. The van der Waals surface area contributed by atoms with E-state index in [2.05, 4.69) is 22.2 Å². The molecule has 0 saturated carbocycles. The first kappa shape index (κ1) is 22.7. The Morgan fingerprint density at radius 3 is 2.47 bits per heavy atom. The SMILES string of the molecule is COc1ccc(NC(=O)[C@@H]2C[C@@H](C3CCN(Cc4ccc(F)c(F)c4)CC3)N(C)C2)cc1. The van der Waals surface area contributed by atoms with Crippen molar-refractivity contribution in [3.8, 4) is 5.75 Å². The summed E-state index contributed by atoms with van der Waals surface area (Å²) in [6, 6.07) is 11.9. The minimum absolute atomic E-state index is 0.0210. The lowest BCUT2D eigenvalue weighted by Gasteiger charge is -2.37. The van der Waals surface area contributed by atoms with Gasteiger partial charge in [0.05, 0.1) is 13.0 Å². The highest BCUT2D eigenvalue weighted by atomic mass is 19.2. The average molecular weight is 444 g/mol. The number of nitrogens with one attached hydrogen (secondary N) is 1. The Morgan fingerprint density at radius 1 is 1.09 bits per heavy atom. The number of rotatable bonds is 6. The average Bonchev–Trinajstić information content (AvgIpc) is 3.19. The van der Waals surface area contributed by atoms with Crippen LogP contribution >= 0.6 is 0 Å². The first-order valence-corrected chi connectivity index (χ1v) is 11.2. The van der Waals surface area contributed by atoms with Crippen LogP contribution in [0.15, 0.2) is 42.5 Å². The van der Waals surface area contributed by atoms with Crippen LogP contribution in [0, 0.1) is 23.5 Å². The second-order valence-electron chi connectivity index (χ2n) is 9.02. The van der Waals surface area contributed by atoms with Crippen LogP contribution < -0.4 is 10.1 Å². The fourth-order valence-electron chi connectivity index (χ4n) is 5.08. The molecule has 2 aromatic rings. The van der Waals surface area contributed by atoms with E-state index in [-0.39, 0.29) is 11.8 Å². The lowest BCUT2D eigenvalue weighted by molar-refractivity contribution is -0.119. The van der Waals surface area contributed by atoms with Crippen molar-refractivity contribution in [2.24, 2.45) is 11.8 Å². The molecule has 2 fully saturated rings. The van der Waals surface area contributed by atoms with Crippen molar-refractivity contribution in [1.29, 1.82) is 0 Å². The van der Waals surface area contributed by atoms with Crippen LogP contribution in [0.5, 0.6) is 5.75 Å². The number of amides is 1. The van der Waals surface area contributed by atoms with Gasteiger partial charge in [-0.3, -0.25) is 9.69 Å². The molecule has 2 heterocycles. The molecule has 32 heavy (non-hydrogen) atoms. The van der Waals surface area contributed by atoms with Gasteiger partial charge >= 0.3 is 0 Å². The third-order valence-electron chi connectivity index (χ3n) is 6.90. The molecule has 2 aliphatic heterocycles. The summed E-state index contributed by atoms with van der Waals surface area (Å²) in [7, 11) is 3.73. The zero-order valence-electron chi connectivity index (χ0n) is 18.7. The molecule has 1 N–H and O–H groups in total. The predicted molar refractivity (Wildman–Crippen MR) is 121 cm³/mol. The van der Waals surface area contributed by atoms with Gasteiger partial charge in [-0.2, -0.15) is 0 Å². The number of benzene rings is 2. The van der Waals surface area contributed by atoms with Crippen molar-refractivity contribution in [2.45, 2.75) is 31.8 Å². The van der Waals surface area contributed by atoms with Gasteiger partial charge in [0.2, 0.25) is 5.91 Å². The number of carbonyl (C=O) groups is 1. The zero-order valence-corrected chi connectivity index (χ0v) is 18.7. The molecule has 0 aromatic heterocycles. The van der Waals surface area contributed by atoms with Crippen LogP contribution in [0.4, 0.5) is 14.5 Å². The molecule has 2 aromatic carbocycles. The number of hydrogen-bond acceptors (Lipinski definition) is 4. The minimum atomic E-state index is -0.803. The Labute approximate surface area is 188 Å². The van der Waals surface area contributed by atoms with E-state index in [0.29, 0.717) is 18.5 Å². The summed E-state index contributed by atoms with van der Waals surface area (Å²) in [4.78, 5) is 17.4. The topological polar surface area (TPSA) is 44.8 Å². The van der Waals surface area contributed by atoms with Crippen LogP contribution in [0.3, 0.4) is 0 Å². The Kier molecular flexibility index (Phi) is 7.06. The van der Waals surface area contributed by atoms with E-state index in [0.717, 1.165) is 55.9 Å². The van der Waals surface area contributed by atoms with Crippen LogP contribution in [0.2, 0.25) is 0 Å². The summed E-state index contributed by atoms with van der Waals surface area (Å²) >= 11 is 0. The molecule has 172 valence electrons. The van der Waals surface area contributed by atoms with Gasteiger partial charge in [0, 0.05) is 24.8 Å². The molecule has 0 radical (unpaired) electrons. The van der Waals surface area contributed by atoms with Gasteiger partial charge in [-0.25, -0.2) is 8.78 Å². The minimum Gasteiger partial charge on any atom is -0.497 e. The van der Waals surface area contributed by atoms with E-state index in [9.17, 15) is 13.6 Å². The Bertz CT molecular complexity index is 929. The van der Waals surface area contributed by atoms with E-state index in [4.69, 9.17) is 4.74 Å². The van der Waals surface area contributed by atoms with Crippen LogP contribution in [-0.4, -0.2) is 55.5 Å². The van der Waals surface area contributed by atoms with Gasteiger partial charge < -0.3 is 15.0 Å². The van der Waals surface area contributed by atoms with Crippen molar-refractivity contribution < 1.29 is 18.3 Å². The lowest BCUT2D eigenvalue weighted by atomic mass is 9.86. The zero-order chi connectivity index (χ0) is 22.7. The largest absolute Gasteiger partial charge is 0.497 e. The number of hydrogen-bond donors (Lipinski definition) is 1. The predicted octanol–water partition coefficient (Wildman–Crippen LogP) is 4.14. The Balaban J connectivity index is 1.27. The first-order chi connectivity index (χ1) is 15.4. The lowest BCUT2D eigenvalue weighted by Crippen LogP contribution is -2.41. The summed E-state index contributed by atoms with van der Waals surface area (Å²) in [5.41, 5.74) is 1.59. The van der Waals surface area contributed by atoms with Crippen molar-refractivity contribution in [3.63, 3.8) is 0 Å². The fourth-order valence-corrected chi connectivity index (χ4v) is 5.08. The molecule has 2 saturated heterocycles. The maximum atomic E-state index is 13.5. The number of methoxy groups -OCH3 is 1. The van der Waals surface area contributed by atoms with E-state index >= 15 is 0 Å². The summed E-state index contributed by atoms with van der Waals surface area (Å²) in [6.07, 6.45) is 2.96. The molecule has 2 aliphatic rings. The molecule has 7 heteroatoms. The number of ether oxygens (including phenoxy) is 1. The molecule has 0 bridgehead atoms. The third kappa shape index (κ3) is 5.27. The number of likely N-dealkylation sites (tertiary alicyclic amines) is 2. The van der Waals surface area contributed by atoms with Crippen molar-refractivity contribution >= 4 is 11.6 Å². The molecule has 4 rings (SSSR count). The second-order valence-corrected chi connectivity index (χ2v) is 9.02. The third-order valence-corrected chi connectivity index (χ3v) is 6.90. The summed E-state index contributed by atoms with van der Waals surface area (Å²) in [5.74, 6) is -0.238. The summed E-state index contributed by atoms with van der Waals surface area (Å²) < 4.78 is 31.8. The standard InChI is InChI=1S/C25H31F2N3O2/c1-29-16-19(25(31)28-20-4-6-21(32-2)7-5-20)14-24(29)18-9-11-30(12-10-18)15-17-3-8-22(26)23(27)13-17/h3-8,13,18-19,24H,9-12,14-16H2,1-2H3,(H,28,31)/t19-,24+/m1/s1. The molecule has 5 nitrogen and oxygen atoms in total. The summed E-state index contributed by atoms with van der Waals surface area (Å²) in [6.45, 7) is 3.26. The van der Waals surface area contributed by atoms with Gasteiger partial charge in [-0.1, -0.05) is 6.07 Å². The smallest absolute Gasteiger partial charge is 0.228 e. The Hall–Kier alpha value is -2.51. The highest BCUT2D eigenvalue weighted by molar-refractivity contribution is 5.93. The maximum absolute atomic E-state index is 13.5. The van der Waals surface area contributed by atoms with E-state index in [1.165, 1.54) is 12.1 Å². The maximum Gasteiger partial charge on any atom is 0.228 e. The second kappa shape index (κ2) is 9.96. The van der Waals surface area contributed by atoms with Crippen LogP contribution in [-0.2, 0) is 11.3 Å². The highest BCUT2D eigenvalue weighted by Gasteiger charge is 2.39. The molecular formula is C25H31F2N3O2. The summed E-state index contributed by atoms with van der Waals surface area (Å²) in [5, 5.41) is 3.04. The number of halogens is 2. The number of anilines is 1. The number of nitrogens with zero attached hydrogens (tertiary/aromatic N) is 2. The monoisotopic (exact) mass is 443 g/mol. The van der Waals surface area contributed by atoms with E-state index < -0.39 is 11.6 Å². The van der Waals surface area contributed by atoms with Gasteiger partial charge in [0.25, 0.3) is 0 Å². The quantitative estimate of drug-likeness (QED) is 0.729. The molecule has 0 spiro atoms. The molecule has 0 unspecified atom stereocenters. The fraction of sp³-hybridized carbons (Fsp3) is 0.480. The van der Waals surface area contributed by atoms with Gasteiger partial charge in [0.15, 0.2) is 11.6 Å². The van der Waals surface area contributed by atoms with Crippen LogP contribution in [0.1, 0.15) is 24.8 Å². The Morgan fingerprint density at radius 2 is 1.81 bits per heavy atom. The molecule has 2 atom stereocenters. The van der Waals surface area contributed by atoms with Crippen molar-refractivity contribution in [1.82, 2.24) is 9.80 Å². The molecule has 0 aliphatic carbocycles. The number of piperidine rings is 1. The van der Waals surface area contributed by atoms with Gasteiger partial charge in [0.1, 0.15) is 5.75 Å². The van der Waals surface area contributed by atoms with Gasteiger partial charge in [-0.05, 0) is 87.3 Å². The first-order valence-electron chi connectivity index (χ1n) is 11.2. The van der Waals surface area contributed by atoms with Crippen molar-refractivity contribution in [2.75, 3.05) is 39.1 Å². The van der Waals surface area contributed by atoms with Gasteiger partial charge in [-0.15, -0.1) is 0 Å². The van der Waals surface area contributed by atoms with Crippen LogP contribution in [0.25, 0.3) is 0 Å². The molecule has 1 amide bonds.